The van der Waals surface area contributed by atoms with Gasteiger partial charge in [-0.2, -0.15) is 0 Å². The average Bonchev–Trinajstić information content (AvgIpc) is 3.13. The van der Waals surface area contributed by atoms with Gasteiger partial charge in [-0.25, -0.2) is 13.2 Å². The van der Waals surface area contributed by atoms with E-state index in [0.717, 1.165) is 32.1 Å². The smallest absolute Gasteiger partial charge is 0.305 e. The number of fused-ring (bicyclic) bond motifs is 5. The minimum Gasteiger partial charge on any atom is -0.462 e. The predicted octanol–water partition coefficient (Wildman–Crippen LogP) is 6.35. The van der Waals surface area contributed by atoms with Crippen molar-refractivity contribution in [3.8, 4) is 0 Å². The van der Waals surface area contributed by atoms with E-state index in [0.29, 0.717) is 61.9 Å². The monoisotopic (exact) mass is 498 g/mol. The highest BCUT2D eigenvalue weighted by atomic mass is 19.3. The standard InChI is InChI=1S/C28H41F3O4/c1-16(5-8-24(34)35-15-23(29)28(4,30)31)19-6-7-20-25-21(10-12-27(19,20)3)26(2)11-9-18(32)13-17(26)14-22(25)33/h16-17,19-21,23,25H,5-15H2,1-4H3/t16-,17+,19-,20+,21+,23?,25+,26+,27-/m1/s1. The van der Waals surface area contributed by atoms with Gasteiger partial charge in [0.2, 0.25) is 0 Å². The molecule has 0 amide bonds. The van der Waals surface area contributed by atoms with Crippen molar-refractivity contribution in [3.63, 3.8) is 0 Å². The van der Waals surface area contributed by atoms with Gasteiger partial charge in [-0.1, -0.05) is 20.8 Å². The van der Waals surface area contributed by atoms with Gasteiger partial charge < -0.3 is 4.74 Å². The molecule has 35 heavy (non-hydrogen) atoms. The predicted molar refractivity (Wildman–Crippen MR) is 125 cm³/mol. The van der Waals surface area contributed by atoms with Gasteiger partial charge in [0.1, 0.15) is 18.2 Å². The number of ketones is 2. The molecule has 0 aromatic carbocycles. The van der Waals surface area contributed by atoms with Crippen LogP contribution in [0.4, 0.5) is 13.2 Å². The molecule has 0 heterocycles. The minimum atomic E-state index is -3.53. The number of hydrogen-bond acceptors (Lipinski definition) is 4. The lowest BCUT2D eigenvalue weighted by molar-refractivity contribution is -0.159. The lowest BCUT2D eigenvalue weighted by atomic mass is 9.44. The van der Waals surface area contributed by atoms with Gasteiger partial charge in [0.25, 0.3) is 5.92 Å². The van der Waals surface area contributed by atoms with E-state index in [1.807, 2.05) is 0 Å². The van der Waals surface area contributed by atoms with Gasteiger partial charge in [0, 0.05) is 38.5 Å². The van der Waals surface area contributed by atoms with Gasteiger partial charge >= 0.3 is 5.97 Å². The number of halogens is 3. The zero-order chi connectivity index (χ0) is 25.8. The topological polar surface area (TPSA) is 60.4 Å². The summed E-state index contributed by atoms with van der Waals surface area (Å²) >= 11 is 0. The van der Waals surface area contributed by atoms with Crippen molar-refractivity contribution >= 4 is 17.5 Å². The largest absolute Gasteiger partial charge is 0.462 e. The maximum absolute atomic E-state index is 13.4. The highest BCUT2D eigenvalue weighted by molar-refractivity contribution is 5.86. The molecule has 4 nitrogen and oxygen atoms in total. The van der Waals surface area contributed by atoms with Crippen molar-refractivity contribution in [1.29, 1.82) is 0 Å². The second-order valence-corrected chi connectivity index (χ2v) is 12.7. The Balaban J connectivity index is 1.38. The molecule has 0 saturated heterocycles. The summed E-state index contributed by atoms with van der Waals surface area (Å²) < 4.78 is 44.1. The van der Waals surface area contributed by atoms with Gasteiger partial charge in [-0.15, -0.1) is 0 Å². The second kappa shape index (κ2) is 9.48. The van der Waals surface area contributed by atoms with Gasteiger partial charge in [-0.05, 0) is 78.9 Å². The van der Waals surface area contributed by atoms with Crippen molar-refractivity contribution < 1.29 is 32.3 Å². The normalized spacial score (nSPS) is 40.9. The van der Waals surface area contributed by atoms with Crippen LogP contribution in [-0.2, 0) is 19.1 Å². The Morgan fingerprint density at radius 3 is 2.46 bits per heavy atom. The lowest BCUT2D eigenvalue weighted by Crippen LogP contribution is -2.57. The Hall–Kier alpha value is -1.40. The molecule has 4 fully saturated rings. The number of esters is 1. The summed E-state index contributed by atoms with van der Waals surface area (Å²) in [6, 6.07) is 0. The summed E-state index contributed by atoms with van der Waals surface area (Å²) in [7, 11) is 0. The van der Waals surface area contributed by atoms with Crippen molar-refractivity contribution in [3.05, 3.63) is 0 Å². The molecule has 7 heteroatoms. The molecule has 9 atom stereocenters. The van der Waals surface area contributed by atoms with Gasteiger partial charge in [0.15, 0.2) is 6.17 Å². The number of rotatable bonds is 7. The Labute approximate surface area is 207 Å². The summed E-state index contributed by atoms with van der Waals surface area (Å²) in [6.45, 7) is 6.33. The summed E-state index contributed by atoms with van der Waals surface area (Å²) in [5.41, 5.74) is 0.104. The molecule has 0 radical (unpaired) electrons. The first-order valence-corrected chi connectivity index (χ1v) is 13.5. The average molecular weight is 499 g/mol. The third-order valence-electron chi connectivity index (χ3n) is 10.8. The molecule has 4 aliphatic rings. The number of carbonyl (C=O) groups excluding carboxylic acids is 3. The first-order chi connectivity index (χ1) is 16.3. The van der Waals surface area contributed by atoms with Crippen LogP contribution in [0.3, 0.4) is 0 Å². The number of hydrogen-bond donors (Lipinski definition) is 0. The minimum absolute atomic E-state index is 0.0299. The van der Waals surface area contributed by atoms with Crippen LogP contribution < -0.4 is 0 Å². The Morgan fingerprint density at radius 2 is 1.77 bits per heavy atom. The van der Waals surface area contributed by atoms with Crippen molar-refractivity contribution in [2.24, 2.45) is 46.3 Å². The highest BCUT2D eigenvalue weighted by Crippen LogP contribution is 2.67. The van der Waals surface area contributed by atoms with E-state index in [-0.39, 0.29) is 35.0 Å². The van der Waals surface area contributed by atoms with Crippen LogP contribution in [0.15, 0.2) is 0 Å². The van der Waals surface area contributed by atoms with Crippen LogP contribution in [-0.4, -0.2) is 36.2 Å². The van der Waals surface area contributed by atoms with E-state index in [2.05, 4.69) is 20.8 Å². The van der Waals surface area contributed by atoms with Gasteiger partial charge in [-0.3, -0.25) is 14.4 Å². The Morgan fingerprint density at radius 1 is 1.09 bits per heavy atom. The third kappa shape index (κ3) is 4.82. The first kappa shape index (κ1) is 26.7. The number of Topliss-reactive ketones (excluding diaryl/α,β-unsaturated/α-hetero) is 2. The molecule has 0 spiro atoms. The molecule has 4 rings (SSSR count). The van der Waals surface area contributed by atoms with Crippen molar-refractivity contribution in [2.45, 2.75) is 104 Å². The first-order valence-electron chi connectivity index (χ1n) is 13.5. The van der Waals surface area contributed by atoms with Crippen LogP contribution in [0.1, 0.15) is 91.9 Å². The fourth-order valence-corrected chi connectivity index (χ4v) is 8.63. The summed E-state index contributed by atoms with van der Waals surface area (Å²) in [6.07, 6.45) is 4.88. The zero-order valence-electron chi connectivity index (χ0n) is 21.6. The lowest BCUT2D eigenvalue weighted by Gasteiger charge is -2.59. The van der Waals surface area contributed by atoms with E-state index in [4.69, 9.17) is 4.74 Å². The number of ether oxygens (including phenoxy) is 1. The number of carbonyl (C=O) groups is 3. The van der Waals surface area contributed by atoms with E-state index < -0.39 is 24.7 Å². The molecular formula is C28H41F3O4. The highest BCUT2D eigenvalue weighted by Gasteiger charge is 2.63. The fraction of sp³-hybridized carbons (Fsp3) is 0.893. The van der Waals surface area contributed by atoms with Crippen molar-refractivity contribution in [1.82, 2.24) is 0 Å². The van der Waals surface area contributed by atoms with E-state index in [1.54, 1.807) is 0 Å². The van der Waals surface area contributed by atoms with Crippen molar-refractivity contribution in [2.75, 3.05) is 6.61 Å². The molecule has 0 aromatic rings. The Kier molecular flexibility index (Phi) is 7.22. The SMILES string of the molecule is C[C@H](CCC(=O)OCC(F)C(C)(F)F)[C@H]1CC[C@H]2[C@@H]3C(=O)C[C@@H]4CC(=O)CC[C@]4(C)[C@H]3CC[C@]12C. The zero-order valence-corrected chi connectivity index (χ0v) is 21.6. The van der Waals surface area contributed by atoms with Crippen LogP contribution in [0.5, 0.6) is 0 Å². The molecule has 1 unspecified atom stereocenters. The molecular weight excluding hydrogens is 457 g/mol. The van der Waals surface area contributed by atoms with Gasteiger partial charge in [0.05, 0.1) is 0 Å². The maximum Gasteiger partial charge on any atom is 0.305 e. The Bertz CT molecular complexity index is 854. The molecule has 0 aromatic heterocycles. The second-order valence-electron chi connectivity index (χ2n) is 12.7. The van der Waals surface area contributed by atoms with Crippen LogP contribution in [0, 0.1) is 46.3 Å². The van der Waals surface area contributed by atoms with E-state index in [1.165, 1.54) is 0 Å². The van der Waals surface area contributed by atoms with Crippen LogP contribution >= 0.6 is 0 Å². The maximum atomic E-state index is 13.4. The fourth-order valence-electron chi connectivity index (χ4n) is 8.63. The molecule has 0 aliphatic heterocycles. The molecule has 4 saturated carbocycles. The summed E-state index contributed by atoms with van der Waals surface area (Å²) in [4.78, 5) is 37.6. The third-order valence-corrected chi connectivity index (χ3v) is 10.8. The van der Waals surface area contributed by atoms with E-state index >= 15 is 0 Å². The molecule has 0 N–H and O–H groups in total. The van der Waals surface area contributed by atoms with Crippen LogP contribution in [0.2, 0.25) is 0 Å². The number of alkyl halides is 3. The molecule has 0 bridgehead atoms. The van der Waals surface area contributed by atoms with Crippen LogP contribution in [0.25, 0.3) is 0 Å². The summed E-state index contributed by atoms with van der Waals surface area (Å²) in [5, 5.41) is 0. The molecule has 198 valence electrons. The quantitative estimate of drug-likeness (QED) is 0.384. The molecule has 4 aliphatic carbocycles. The summed E-state index contributed by atoms with van der Waals surface area (Å²) in [5.74, 6) is -1.95. The van der Waals surface area contributed by atoms with E-state index in [9.17, 15) is 27.6 Å².